The molecule has 0 saturated carbocycles. The predicted molar refractivity (Wildman–Crippen MR) is 65.6 cm³/mol. The summed E-state index contributed by atoms with van der Waals surface area (Å²) in [4.78, 5) is 11.4. The minimum atomic E-state index is -0.484. The standard InChI is InChI=1S/C13H13NO3/c1-16-11-7-10(13(14)15)8-5-3-4-6-9(8)12(11)17-2/h3-7H,1-2H3,(H2,14,15). The van der Waals surface area contributed by atoms with Crippen molar-refractivity contribution in [1.82, 2.24) is 0 Å². The molecule has 0 saturated heterocycles. The summed E-state index contributed by atoms with van der Waals surface area (Å²) in [7, 11) is 3.09. The van der Waals surface area contributed by atoms with Gasteiger partial charge in [-0.25, -0.2) is 0 Å². The lowest BCUT2D eigenvalue weighted by Crippen LogP contribution is -2.12. The Morgan fingerprint density at radius 1 is 1.12 bits per heavy atom. The number of hydrogen-bond acceptors (Lipinski definition) is 3. The Kier molecular flexibility index (Phi) is 2.87. The van der Waals surface area contributed by atoms with Crippen LogP contribution in [0.25, 0.3) is 10.8 Å². The maximum Gasteiger partial charge on any atom is 0.249 e. The number of carbonyl (C=O) groups is 1. The highest BCUT2D eigenvalue weighted by Gasteiger charge is 2.15. The van der Waals surface area contributed by atoms with Gasteiger partial charge in [-0.2, -0.15) is 0 Å². The van der Waals surface area contributed by atoms with Crippen LogP contribution in [0, 0.1) is 0 Å². The van der Waals surface area contributed by atoms with Gasteiger partial charge in [-0.1, -0.05) is 24.3 Å². The first-order valence-corrected chi connectivity index (χ1v) is 5.12. The van der Waals surface area contributed by atoms with Crippen molar-refractivity contribution < 1.29 is 14.3 Å². The summed E-state index contributed by atoms with van der Waals surface area (Å²) in [5.74, 6) is 0.621. The van der Waals surface area contributed by atoms with Gasteiger partial charge in [0.15, 0.2) is 11.5 Å². The fourth-order valence-electron chi connectivity index (χ4n) is 1.89. The highest BCUT2D eigenvalue weighted by Crippen LogP contribution is 2.37. The van der Waals surface area contributed by atoms with Crippen molar-refractivity contribution in [2.75, 3.05) is 14.2 Å². The molecule has 2 N–H and O–H groups in total. The Labute approximate surface area is 98.9 Å². The summed E-state index contributed by atoms with van der Waals surface area (Å²) in [6, 6.07) is 9.01. The molecule has 2 aromatic rings. The number of primary amides is 1. The zero-order chi connectivity index (χ0) is 12.4. The molecule has 0 bridgehead atoms. The minimum absolute atomic E-state index is 0.429. The molecule has 4 heteroatoms. The summed E-state index contributed by atoms with van der Waals surface area (Å²) in [6.45, 7) is 0. The smallest absolute Gasteiger partial charge is 0.249 e. The Hall–Kier alpha value is -2.23. The van der Waals surface area contributed by atoms with Crippen molar-refractivity contribution in [2.45, 2.75) is 0 Å². The summed E-state index contributed by atoms with van der Waals surface area (Å²) < 4.78 is 10.5. The maximum absolute atomic E-state index is 11.4. The van der Waals surface area contributed by atoms with E-state index in [2.05, 4.69) is 0 Å². The molecule has 0 fully saturated rings. The van der Waals surface area contributed by atoms with Gasteiger partial charge in [0.1, 0.15) is 0 Å². The molecule has 1 amide bonds. The number of carbonyl (C=O) groups excluding carboxylic acids is 1. The summed E-state index contributed by atoms with van der Waals surface area (Å²) in [6.07, 6.45) is 0. The molecular formula is C13H13NO3. The SMILES string of the molecule is COc1cc(C(N)=O)c2ccccc2c1OC. The molecule has 0 aromatic heterocycles. The van der Waals surface area contributed by atoms with Gasteiger partial charge < -0.3 is 15.2 Å². The Morgan fingerprint density at radius 2 is 1.76 bits per heavy atom. The zero-order valence-corrected chi connectivity index (χ0v) is 9.69. The lowest BCUT2D eigenvalue weighted by molar-refractivity contribution is 0.100. The van der Waals surface area contributed by atoms with Crippen molar-refractivity contribution in [2.24, 2.45) is 5.73 Å². The van der Waals surface area contributed by atoms with Gasteiger partial charge in [0, 0.05) is 5.39 Å². The minimum Gasteiger partial charge on any atom is -0.493 e. The van der Waals surface area contributed by atoms with Gasteiger partial charge in [-0.15, -0.1) is 0 Å². The van der Waals surface area contributed by atoms with E-state index in [4.69, 9.17) is 15.2 Å². The lowest BCUT2D eigenvalue weighted by Gasteiger charge is -2.13. The van der Waals surface area contributed by atoms with Gasteiger partial charge in [0.2, 0.25) is 5.91 Å². The van der Waals surface area contributed by atoms with Crippen LogP contribution in [0.3, 0.4) is 0 Å². The molecule has 88 valence electrons. The first kappa shape index (κ1) is 11.3. The van der Waals surface area contributed by atoms with Crippen LogP contribution in [0.5, 0.6) is 11.5 Å². The second-order valence-electron chi connectivity index (χ2n) is 3.57. The number of hydrogen-bond donors (Lipinski definition) is 1. The molecule has 2 aromatic carbocycles. The van der Waals surface area contributed by atoms with E-state index in [-0.39, 0.29) is 0 Å². The zero-order valence-electron chi connectivity index (χ0n) is 9.69. The van der Waals surface area contributed by atoms with Gasteiger partial charge in [-0.3, -0.25) is 4.79 Å². The Bertz CT molecular complexity index is 578. The molecule has 0 aliphatic rings. The van der Waals surface area contributed by atoms with E-state index in [1.165, 1.54) is 7.11 Å². The normalized spacial score (nSPS) is 10.2. The first-order chi connectivity index (χ1) is 8.19. The van der Waals surface area contributed by atoms with Crippen LogP contribution in [0.4, 0.5) is 0 Å². The van der Waals surface area contributed by atoms with Crippen LogP contribution in [0.15, 0.2) is 30.3 Å². The third kappa shape index (κ3) is 1.78. The van der Waals surface area contributed by atoms with Crippen molar-refractivity contribution in [3.63, 3.8) is 0 Å². The van der Waals surface area contributed by atoms with Gasteiger partial charge in [-0.05, 0) is 11.5 Å². The van der Waals surface area contributed by atoms with E-state index in [9.17, 15) is 4.79 Å². The van der Waals surface area contributed by atoms with Crippen molar-refractivity contribution >= 4 is 16.7 Å². The molecule has 17 heavy (non-hydrogen) atoms. The summed E-state index contributed by atoms with van der Waals surface area (Å²) in [5, 5.41) is 1.57. The van der Waals surface area contributed by atoms with Crippen LogP contribution in [-0.2, 0) is 0 Å². The number of fused-ring (bicyclic) bond motifs is 1. The average molecular weight is 231 g/mol. The van der Waals surface area contributed by atoms with Crippen LogP contribution < -0.4 is 15.2 Å². The number of rotatable bonds is 3. The molecule has 0 radical (unpaired) electrons. The number of methoxy groups -OCH3 is 2. The van der Waals surface area contributed by atoms with Crippen LogP contribution >= 0.6 is 0 Å². The summed E-state index contributed by atoms with van der Waals surface area (Å²) in [5.41, 5.74) is 5.79. The molecule has 0 spiro atoms. The highest BCUT2D eigenvalue weighted by molar-refractivity contribution is 6.09. The second-order valence-corrected chi connectivity index (χ2v) is 3.57. The fraction of sp³-hybridized carbons (Fsp3) is 0.154. The van der Waals surface area contributed by atoms with Gasteiger partial charge >= 0.3 is 0 Å². The van der Waals surface area contributed by atoms with E-state index in [1.54, 1.807) is 13.2 Å². The molecule has 0 aliphatic heterocycles. The third-order valence-electron chi connectivity index (χ3n) is 2.65. The van der Waals surface area contributed by atoms with Crippen molar-refractivity contribution in [3.05, 3.63) is 35.9 Å². The van der Waals surface area contributed by atoms with Crippen LogP contribution in [0.2, 0.25) is 0 Å². The average Bonchev–Trinajstić information content (AvgIpc) is 2.36. The lowest BCUT2D eigenvalue weighted by atomic mass is 10.0. The third-order valence-corrected chi connectivity index (χ3v) is 2.65. The molecule has 0 unspecified atom stereocenters. The monoisotopic (exact) mass is 231 g/mol. The van der Waals surface area contributed by atoms with E-state index >= 15 is 0 Å². The van der Waals surface area contributed by atoms with Crippen molar-refractivity contribution in [1.29, 1.82) is 0 Å². The maximum atomic E-state index is 11.4. The van der Waals surface area contributed by atoms with Crippen LogP contribution in [0.1, 0.15) is 10.4 Å². The molecule has 0 atom stereocenters. The molecule has 0 heterocycles. The molecule has 4 nitrogen and oxygen atoms in total. The predicted octanol–water partition coefficient (Wildman–Crippen LogP) is 1.96. The quantitative estimate of drug-likeness (QED) is 0.878. The van der Waals surface area contributed by atoms with Gasteiger partial charge in [0.05, 0.1) is 19.8 Å². The van der Waals surface area contributed by atoms with E-state index < -0.39 is 5.91 Å². The Morgan fingerprint density at radius 3 is 2.29 bits per heavy atom. The molecular weight excluding hydrogens is 218 g/mol. The fourth-order valence-corrected chi connectivity index (χ4v) is 1.89. The first-order valence-electron chi connectivity index (χ1n) is 5.12. The van der Waals surface area contributed by atoms with Crippen molar-refractivity contribution in [3.8, 4) is 11.5 Å². The topological polar surface area (TPSA) is 61.5 Å². The van der Waals surface area contributed by atoms with Crippen LogP contribution in [-0.4, -0.2) is 20.1 Å². The highest BCUT2D eigenvalue weighted by atomic mass is 16.5. The largest absolute Gasteiger partial charge is 0.493 e. The van der Waals surface area contributed by atoms with E-state index in [0.29, 0.717) is 17.1 Å². The number of benzene rings is 2. The van der Waals surface area contributed by atoms with E-state index in [1.807, 2.05) is 24.3 Å². The number of nitrogens with two attached hydrogens (primary N) is 1. The second kappa shape index (κ2) is 4.33. The van der Waals surface area contributed by atoms with Gasteiger partial charge in [0.25, 0.3) is 0 Å². The Balaban J connectivity index is 2.89. The van der Waals surface area contributed by atoms with E-state index in [0.717, 1.165) is 10.8 Å². The molecule has 2 rings (SSSR count). The number of ether oxygens (including phenoxy) is 2. The molecule has 0 aliphatic carbocycles. The summed E-state index contributed by atoms with van der Waals surface area (Å²) >= 11 is 0. The number of amides is 1.